The second kappa shape index (κ2) is 5.86. The number of aromatic nitrogens is 1. The fourth-order valence-electron chi connectivity index (χ4n) is 2.37. The lowest BCUT2D eigenvalue weighted by molar-refractivity contribution is 0.307. The molecular weight excluding hydrogens is 326 g/mol. The highest BCUT2D eigenvalue weighted by atomic mass is 79.9. The normalized spacial score (nSPS) is 10.8. The van der Waals surface area contributed by atoms with Gasteiger partial charge in [-0.25, -0.2) is 0 Å². The summed E-state index contributed by atoms with van der Waals surface area (Å²) < 4.78 is 7.02. The maximum Gasteiger partial charge on any atom is 0.149 e. The predicted octanol–water partition coefficient (Wildman–Crippen LogP) is 5.07. The Bertz CT molecular complexity index is 784. The SMILES string of the molecule is [CH2]c1nc(C)c2cc(Br)ccc2c1OCc1ccccc1. The first kappa shape index (κ1) is 14.1. The van der Waals surface area contributed by atoms with Gasteiger partial charge in [0.15, 0.2) is 0 Å². The van der Waals surface area contributed by atoms with Crippen LogP contribution in [0.4, 0.5) is 0 Å². The van der Waals surface area contributed by atoms with Crippen LogP contribution in [0.3, 0.4) is 0 Å². The topological polar surface area (TPSA) is 22.1 Å². The quantitative estimate of drug-likeness (QED) is 0.664. The Hall–Kier alpha value is -1.87. The van der Waals surface area contributed by atoms with Crippen LogP contribution in [0.1, 0.15) is 17.0 Å². The van der Waals surface area contributed by atoms with Gasteiger partial charge in [-0.2, -0.15) is 0 Å². The van der Waals surface area contributed by atoms with E-state index in [-0.39, 0.29) is 0 Å². The van der Waals surface area contributed by atoms with Gasteiger partial charge >= 0.3 is 0 Å². The molecule has 0 atom stereocenters. The van der Waals surface area contributed by atoms with E-state index in [0.717, 1.165) is 32.3 Å². The first-order chi connectivity index (χ1) is 10.1. The number of aryl methyl sites for hydroxylation is 1. The summed E-state index contributed by atoms with van der Waals surface area (Å²) in [5.41, 5.74) is 2.77. The van der Waals surface area contributed by atoms with Gasteiger partial charge in [-0.15, -0.1) is 0 Å². The van der Waals surface area contributed by atoms with Crippen LogP contribution < -0.4 is 4.74 Å². The molecule has 2 aromatic carbocycles. The Balaban J connectivity index is 2.01. The van der Waals surface area contributed by atoms with Crippen molar-refractivity contribution in [3.63, 3.8) is 0 Å². The van der Waals surface area contributed by atoms with Crippen molar-refractivity contribution >= 4 is 26.7 Å². The second-order valence-electron chi connectivity index (χ2n) is 4.94. The van der Waals surface area contributed by atoms with Crippen LogP contribution in [0.5, 0.6) is 5.75 Å². The molecule has 3 aromatic rings. The van der Waals surface area contributed by atoms with Gasteiger partial charge in [-0.05, 0) is 37.6 Å². The number of hydrogen-bond acceptors (Lipinski definition) is 2. The number of hydrogen-bond donors (Lipinski definition) is 0. The summed E-state index contributed by atoms with van der Waals surface area (Å²) in [5, 5.41) is 2.13. The zero-order chi connectivity index (χ0) is 14.8. The van der Waals surface area contributed by atoms with Gasteiger partial charge in [0, 0.05) is 20.9 Å². The standard InChI is InChI=1S/C18H15BrNO/c1-12-17-10-15(19)8-9-16(17)18(13(2)20-12)21-11-14-6-4-3-5-7-14/h3-10H,2,11H2,1H3. The van der Waals surface area contributed by atoms with E-state index < -0.39 is 0 Å². The number of rotatable bonds is 3. The van der Waals surface area contributed by atoms with Crippen molar-refractivity contribution in [3.05, 3.63) is 76.9 Å². The van der Waals surface area contributed by atoms with Crippen molar-refractivity contribution in [1.82, 2.24) is 4.98 Å². The van der Waals surface area contributed by atoms with Crippen molar-refractivity contribution in [2.45, 2.75) is 13.5 Å². The molecular formula is C18H15BrNO. The Labute approximate surface area is 132 Å². The predicted molar refractivity (Wildman–Crippen MR) is 89.4 cm³/mol. The number of fused-ring (bicyclic) bond motifs is 1. The van der Waals surface area contributed by atoms with E-state index in [2.05, 4.69) is 33.9 Å². The zero-order valence-electron chi connectivity index (χ0n) is 11.8. The van der Waals surface area contributed by atoms with Crippen molar-refractivity contribution in [2.24, 2.45) is 0 Å². The third kappa shape index (κ3) is 2.93. The zero-order valence-corrected chi connectivity index (χ0v) is 13.4. The molecule has 0 saturated carbocycles. The molecule has 0 bridgehead atoms. The van der Waals surface area contributed by atoms with Crippen LogP contribution in [0.25, 0.3) is 10.8 Å². The van der Waals surface area contributed by atoms with Crippen LogP contribution in [0.2, 0.25) is 0 Å². The maximum atomic E-state index is 5.99. The lowest BCUT2D eigenvalue weighted by Gasteiger charge is -2.13. The average molecular weight is 341 g/mol. The Morgan fingerprint density at radius 1 is 1.10 bits per heavy atom. The Morgan fingerprint density at radius 3 is 2.62 bits per heavy atom. The van der Waals surface area contributed by atoms with Crippen LogP contribution >= 0.6 is 15.9 Å². The summed E-state index contributed by atoms with van der Waals surface area (Å²) in [4.78, 5) is 4.50. The fraction of sp³-hybridized carbons (Fsp3) is 0.111. The molecule has 0 fully saturated rings. The average Bonchev–Trinajstić information content (AvgIpc) is 2.48. The highest BCUT2D eigenvalue weighted by Crippen LogP contribution is 2.32. The minimum atomic E-state index is 0.513. The summed E-state index contributed by atoms with van der Waals surface area (Å²) in [6, 6.07) is 16.2. The molecule has 0 aliphatic rings. The van der Waals surface area contributed by atoms with Crippen molar-refractivity contribution in [2.75, 3.05) is 0 Å². The lowest BCUT2D eigenvalue weighted by atomic mass is 10.1. The van der Waals surface area contributed by atoms with Crippen LogP contribution in [-0.2, 0) is 6.61 Å². The monoisotopic (exact) mass is 340 g/mol. The summed E-state index contributed by atoms with van der Waals surface area (Å²) in [6.07, 6.45) is 0. The summed E-state index contributed by atoms with van der Waals surface area (Å²) in [6.45, 7) is 6.52. The molecule has 0 aliphatic heterocycles. The first-order valence-electron chi connectivity index (χ1n) is 6.73. The number of pyridine rings is 1. The van der Waals surface area contributed by atoms with E-state index in [1.807, 2.05) is 49.4 Å². The van der Waals surface area contributed by atoms with Gasteiger partial charge < -0.3 is 4.74 Å². The van der Waals surface area contributed by atoms with Crippen LogP contribution in [-0.4, -0.2) is 4.98 Å². The fourth-order valence-corrected chi connectivity index (χ4v) is 2.73. The summed E-state index contributed by atoms with van der Waals surface area (Å²) in [5.74, 6) is 0.756. The summed E-state index contributed by atoms with van der Waals surface area (Å²) in [7, 11) is 0. The van der Waals surface area contributed by atoms with Crippen molar-refractivity contribution < 1.29 is 4.74 Å². The van der Waals surface area contributed by atoms with Gasteiger partial charge in [-0.1, -0.05) is 46.3 Å². The minimum Gasteiger partial charge on any atom is -0.486 e. The van der Waals surface area contributed by atoms with E-state index in [1.165, 1.54) is 0 Å². The van der Waals surface area contributed by atoms with Crippen LogP contribution in [0, 0.1) is 13.8 Å². The van der Waals surface area contributed by atoms with Gasteiger partial charge in [0.2, 0.25) is 0 Å². The van der Waals surface area contributed by atoms with Crippen molar-refractivity contribution in [1.29, 1.82) is 0 Å². The molecule has 0 amide bonds. The maximum absolute atomic E-state index is 5.99. The second-order valence-corrected chi connectivity index (χ2v) is 5.85. The molecule has 0 unspecified atom stereocenters. The van der Waals surface area contributed by atoms with E-state index in [4.69, 9.17) is 4.74 Å². The van der Waals surface area contributed by atoms with Crippen LogP contribution in [0.15, 0.2) is 53.0 Å². The molecule has 0 saturated heterocycles. The third-order valence-corrected chi connectivity index (χ3v) is 3.90. The van der Waals surface area contributed by atoms with Gasteiger partial charge in [0.25, 0.3) is 0 Å². The molecule has 1 aromatic heterocycles. The molecule has 105 valence electrons. The van der Waals surface area contributed by atoms with E-state index >= 15 is 0 Å². The number of halogens is 1. The highest BCUT2D eigenvalue weighted by Gasteiger charge is 2.11. The molecule has 1 radical (unpaired) electrons. The van der Waals surface area contributed by atoms with Gasteiger partial charge in [-0.3, -0.25) is 4.98 Å². The Kier molecular flexibility index (Phi) is 3.93. The number of benzene rings is 2. The molecule has 1 heterocycles. The van der Waals surface area contributed by atoms with E-state index in [0.29, 0.717) is 12.3 Å². The van der Waals surface area contributed by atoms with E-state index in [9.17, 15) is 0 Å². The number of ether oxygens (including phenoxy) is 1. The molecule has 2 nitrogen and oxygen atoms in total. The highest BCUT2D eigenvalue weighted by molar-refractivity contribution is 9.10. The molecule has 0 spiro atoms. The molecule has 3 heteroatoms. The van der Waals surface area contributed by atoms with E-state index in [1.54, 1.807) is 0 Å². The Morgan fingerprint density at radius 2 is 1.86 bits per heavy atom. The molecule has 3 rings (SSSR count). The number of nitrogens with zero attached hydrogens (tertiary/aromatic N) is 1. The minimum absolute atomic E-state index is 0.513. The smallest absolute Gasteiger partial charge is 0.149 e. The van der Waals surface area contributed by atoms with Gasteiger partial charge in [0.05, 0.1) is 5.69 Å². The molecule has 0 aliphatic carbocycles. The molecule has 0 N–H and O–H groups in total. The van der Waals surface area contributed by atoms with Crippen molar-refractivity contribution in [3.8, 4) is 5.75 Å². The lowest BCUT2D eigenvalue weighted by Crippen LogP contribution is -2.00. The van der Waals surface area contributed by atoms with Gasteiger partial charge in [0.1, 0.15) is 12.4 Å². The third-order valence-electron chi connectivity index (χ3n) is 3.41. The first-order valence-corrected chi connectivity index (χ1v) is 7.53. The largest absolute Gasteiger partial charge is 0.486 e. The summed E-state index contributed by atoms with van der Waals surface area (Å²) >= 11 is 3.50. The molecule has 21 heavy (non-hydrogen) atoms.